The minimum Gasteiger partial charge on any atom is -0.346 e. The Morgan fingerprint density at radius 2 is 2.10 bits per heavy atom. The molecule has 3 heteroatoms. The second-order valence-electron chi connectivity index (χ2n) is 5.31. The summed E-state index contributed by atoms with van der Waals surface area (Å²) >= 11 is 0. The number of ketones is 1. The Kier molecular flexibility index (Phi) is 3.15. The molecule has 1 aliphatic carbocycles. The predicted octanol–water partition coefficient (Wildman–Crippen LogP) is 3.24. The molecule has 1 aliphatic rings. The molecular weight excluding hydrogens is 248 g/mol. The van der Waals surface area contributed by atoms with E-state index in [1.807, 2.05) is 37.4 Å². The van der Waals surface area contributed by atoms with Crippen molar-refractivity contribution in [3.8, 4) is 6.07 Å². The molecule has 0 amide bonds. The van der Waals surface area contributed by atoms with Crippen LogP contribution >= 0.6 is 0 Å². The van der Waals surface area contributed by atoms with E-state index in [0.717, 1.165) is 35.2 Å². The van der Waals surface area contributed by atoms with Crippen LogP contribution in [0.5, 0.6) is 0 Å². The number of nitrogens with zero attached hydrogens (tertiary/aromatic N) is 2. The maximum atomic E-state index is 12.0. The maximum Gasteiger partial charge on any atom is 0.164 e. The smallest absolute Gasteiger partial charge is 0.164 e. The zero-order chi connectivity index (χ0) is 14.1. The van der Waals surface area contributed by atoms with E-state index in [9.17, 15) is 4.79 Å². The van der Waals surface area contributed by atoms with Crippen LogP contribution in [-0.4, -0.2) is 10.4 Å². The number of benzene rings is 1. The first-order chi connectivity index (χ1) is 9.70. The van der Waals surface area contributed by atoms with Gasteiger partial charge < -0.3 is 4.57 Å². The molecule has 0 saturated heterocycles. The minimum absolute atomic E-state index is 0.260. The summed E-state index contributed by atoms with van der Waals surface area (Å²) in [5.41, 5.74) is 4.80. The standard InChI is InChI=1S/C17H16N2O/c1-12-10-19(15-7-4-8-16(20)17(12)15)11-14-6-3-2-5-13(14)9-18/h2-3,5-6,10H,4,7-8,11H2,1H3. The average Bonchev–Trinajstić information content (AvgIpc) is 2.77. The van der Waals surface area contributed by atoms with Gasteiger partial charge in [-0.3, -0.25) is 4.79 Å². The quantitative estimate of drug-likeness (QED) is 0.836. The third-order valence-corrected chi connectivity index (χ3v) is 3.95. The van der Waals surface area contributed by atoms with Crippen molar-refractivity contribution in [2.75, 3.05) is 0 Å². The molecule has 0 bridgehead atoms. The fourth-order valence-corrected chi connectivity index (χ4v) is 3.03. The van der Waals surface area contributed by atoms with E-state index in [1.165, 1.54) is 0 Å². The van der Waals surface area contributed by atoms with Crippen molar-refractivity contribution in [3.63, 3.8) is 0 Å². The molecule has 0 spiro atoms. The van der Waals surface area contributed by atoms with E-state index >= 15 is 0 Å². The van der Waals surface area contributed by atoms with Crippen molar-refractivity contribution in [2.45, 2.75) is 32.7 Å². The highest BCUT2D eigenvalue weighted by atomic mass is 16.1. The van der Waals surface area contributed by atoms with Crippen molar-refractivity contribution in [2.24, 2.45) is 0 Å². The van der Waals surface area contributed by atoms with Crippen LogP contribution in [0.1, 0.15) is 45.6 Å². The van der Waals surface area contributed by atoms with E-state index in [-0.39, 0.29) is 5.78 Å². The van der Waals surface area contributed by atoms with Crippen molar-refractivity contribution < 1.29 is 4.79 Å². The Bertz CT molecular complexity index is 719. The van der Waals surface area contributed by atoms with Gasteiger partial charge in [0.2, 0.25) is 0 Å². The topological polar surface area (TPSA) is 45.8 Å². The fraction of sp³-hybridized carbons (Fsp3) is 0.294. The van der Waals surface area contributed by atoms with Gasteiger partial charge in [-0.05, 0) is 37.0 Å². The van der Waals surface area contributed by atoms with Crippen LogP contribution in [0.2, 0.25) is 0 Å². The summed E-state index contributed by atoms with van der Waals surface area (Å²) in [6.07, 6.45) is 4.58. The largest absolute Gasteiger partial charge is 0.346 e. The summed E-state index contributed by atoms with van der Waals surface area (Å²) in [4.78, 5) is 12.0. The lowest BCUT2D eigenvalue weighted by molar-refractivity contribution is 0.0971. The summed E-state index contributed by atoms with van der Waals surface area (Å²) in [6, 6.07) is 9.87. The highest BCUT2D eigenvalue weighted by molar-refractivity contribution is 5.99. The van der Waals surface area contributed by atoms with Gasteiger partial charge in [0.05, 0.1) is 11.6 Å². The molecule has 0 N–H and O–H groups in total. The van der Waals surface area contributed by atoms with Crippen LogP contribution in [-0.2, 0) is 13.0 Å². The first kappa shape index (κ1) is 12.7. The predicted molar refractivity (Wildman–Crippen MR) is 76.7 cm³/mol. The molecule has 0 atom stereocenters. The maximum absolute atomic E-state index is 12.0. The molecule has 20 heavy (non-hydrogen) atoms. The third kappa shape index (κ3) is 2.04. The number of carbonyl (C=O) groups excluding carboxylic acids is 1. The molecule has 0 unspecified atom stereocenters. The van der Waals surface area contributed by atoms with E-state index < -0.39 is 0 Å². The molecule has 0 aliphatic heterocycles. The summed E-state index contributed by atoms with van der Waals surface area (Å²) < 4.78 is 2.14. The summed E-state index contributed by atoms with van der Waals surface area (Å²) in [6.45, 7) is 2.65. The Morgan fingerprint density at radius 3 is 2.90 bits per heavy atom. The monoisotopic (exact) mass is 264 g/mol. The highest BCUT2D eigenvalue weighted by Gasteiger charge is 2.23. The number of carbonyl (C=O) groups is 1. The second-order valence-corrected chi connectivity index (χ2v) is 5.31. The van der Waals surface area contributed by atoms with Gasteiger partial charge in [0.15, 0.2) is 5.78 Å². The lowest BCUT2D eigenvalue weighted by atomic mass is 9.94. The van der Waals surface area contributed by atoms with Crippen molar-refractivity contribution in [1.82, 2.24) is 4.57 Å². The van der Waals surface area contributed by atoms with Crippen molar-refractivity contribution in [3.05, 3.63) is 58.4 Å². The number of Topliss-reactive ketones (excluding diaryl/α,β-unsaturated/α-hetero) is 1. The van der Waals surface area contributed by atoms with Crippen LogP contribution in [0.4, 0.5) is 0 Å². The first-order valence-corrected chi connectivity index (χ1v) is 6.90. The van der Waals surface area contributed by atoms with E-state index in [2.05, 4.69) is 10.6 Å². The number of aryl methyl sites for hydroxylation is 1. The van der Waals surface area contributed by atoms with Gasteiger partial charge in [0.25, 0.3) is 0 Å². The fourth-order valence-electron chi connectivity index (χ4n) is 3.03. The van der Waals surface area contributed by atoms with E-state index in [4.69, 9.17) is 5.26 Å². The first-order valence-electron chi connectivity index (χ1n) is 6.90. The number of hydrogen-bond acceptors (Lipinski definition) is 2. The van der Waals surface area contributed by atoms with Crippen LogP contribution < -0.4 is 0 Å². The van der Waals surface area contributed by atoms with E-state index in [0.29, 0.717) is 18.5 Å². The van der Waals surface area contributed by atoms with Gasteiger partial charge in [0, 0.05) is 30.4 Å². The lowest BCUT2D eigenvalue weighted by Crippen LogP contribution is -2.14. The zero-order valence-corrected chi connectivity index (χ0v) is 11.5. The van der Waals surface area contributed by atoms with Gasteiger partial charge in [-0.2, -0.15) is 5.26 Å². The number of aromatic nitrogens is 1. The number of hydrogen-bond donors (Lipinski definition) is 0. The highest BCUT2D eigenvalue weighted by Crippen LogP contribution is 2.27. The molecule has 3 nitrogen and oxygen atoms in total. The lowest BCUT2D eigenvalue weighted by Gasteiger charge is -2.15. The van der Waals surface area contributed by atoms with Gasteiger partial charge in [-0.15, -0.1) is 0 Å². The van der Waals surface area contributed by atoms with Crippen LogP contribution in [0, 0.1) is 18.3 Å². The number of rotatable bonds is 2. The Labute approximate surface area is 118 Å². The number of fused-ring (bicyclic) bond motifs is 1. The van der Waals surface area contributed by atoms with Crippen LogP contribution in [0.25, 0.3) is 0 Å². The molecule has 1 aromatic carbocycles. The molecule has 100 valence electrons. The van der Waals surface area contributed by atoms with Gasteiger partial charge in [0.1, 0.15) is 0 Å². The van der Waals surface area contributed by atoms with Gasteiger partial charge in [-0.25, -0.2) is 0 Å². The normalized spacial score (nSPS) is 13.9. The van der Waals surface area contributed by atoms with E-state index in [1.54, 1.807) is 0 Å². The SMILES string of the molecule is Cc1cn(Cc2ccccc2C#N)c2c1C(=O)CCC2. The molecule has 0 fully saturated rings. The average molecular weight is 264 g/mol. The number of nitriles is 1. The molecule has 1 aromatic heterocycles. The summed E-state index contributed by atoms with van der Waals surface area (Å²) in [5, 5.41) is 9.17. The third-order valence-electron chi connectivity index (χ3n) is 3.95. The van der Waals surface area contributed by atoms with Gasteiger partial charge in [-0.1, -0.05) is 18.2 Å². The summed E-state index contributed by atoms with van der Waals surface area (Å²) in [7, 11) is 0. The van der Waals surface area contributed by atoms with Crippen molar-refractivity contribution in [1.29, 1.82) is 5.26 Å². The Morgan fingerprint density at radius 1 is 1.30 bits per heavy atom. The Balaban J connectivity index is 2.03. The molecular formula is C17H16N2O. The minimum atomic E-state index is 0.260. The van der Waals surface area contributed by atoms with Crippen LogP contribution in [0.3, 0.4) is 0 Å². The van der Waals surface area contributed by atoms with Crippen molar-refractivity contribution >= 4 is 5.78 Å². The molecule has 3 rings (SSSR count). The molecule has 1 heterocycles. The van der Waals surface area contributed by atoms with Crippen LogP contribution in [0.15, 0.2) is 30.5 Å². The molecule has 2 aromatic rings. The molecule has 0 saturated carbocycles. The van der Waals surface area contributed by atoms with Gasteiger partial charge >= 0.3 is 0 Å². The summed E-state index contributed by atoms with van der Waals surface area (Å²) in [5.74, 6) is 0.260. The Hall–Kier alpha value is -2.34. The molecule has 0 radical (unpaired) electrons. The zero-order valence-electron chi connectivity index (χ0n) is 11.5. The second kappa shape index (κ2) is 4.97.